The summed E-state index contributed by atoms with van der Waals surface area (Å²) < 4.78 is 6.51. The molecule has 0 fully saturated rings. The number of furan rings is 1. The molecule has 3 aromatic rings. The van der Waals surface area contributed by atoms with Gasteiger partial charge in [0.05, 0.1) is 11.6 Å². The second-order valence-corrected chi connectivity index (χ2v) is 6.39. The van der Waals surface area contributed by atoms with Crippen LogP contribution in [0, 0.1) is 6.92 Å². The summed E-state index contributed by atoms with van der Waals surface area (Å²) in [7, 11) is 0. The minimum atomic E-state index is -0.204. The van der Waals surface area contributed by atoms with Gasteiger partial charge in [-0.05, 0) is 43.2 Å². The normalized spacial score (nSPS) is 10.8. The Morgan fingerprint density at radius 1 is 1.29 bits per heavy atom. The summed E-state index contributed by atoms with van der Waals surface area (Å²) in [6, 6.07) is 9.44. The molecule has 1 amide bonds. The molecule has 0 aliphatic carbocycles. The van der Waals surface area contributed by atoms with Gasteiger partial charge in [0.2, 0.25) is 0 Å². The van der Waals surface area contributed by atoms with Crippen molar-refractivity contribution in [3.05, 3.63) is 52.3 Å². The van der Waals surface area contributed by atoms with Crippen LogP contribution < -0.4 is 10.6 Å². The number of benzene rings is 1. The van der Waals surface area contributed by atoms with Crippen LogP contribution in [0.3, 0.4) is 0 Å². The summed E-state index contributed by atoms with van der Waals surface area (Å²) in [5, 5.41) is 6.95. The van der Waals surface area contributed by atoms with Gasteiger partial charge in [0, 0.05) is 22.8 Å². The smallest absolute Gasteiger partial charge is 0.270 e. The Hall–Kier alpha value is -2.34. The van der Waals surface area contributed by atoms with Crippen molar-refractivity contribution in [3.63, 3.8) is 0 Å². The van der Waals surface area contributed by atoms with Gasteiger partial charge >= 0.3 is 0 Å². The summed E-state index contributed by atoms with van der Waals surface area (Å²) in [5.41, 5.74) is 2.97. The first-order chi connectivity index (χ1) is 11.6. The molecule has 0 saturated carbocycles. The van der Waals surface area contributed by atoms with E-state index in [2.05, 4.69) is 31.5 Å². The Morgan fingerprint density at radius 2 is 2.12 bits per heavy atom. The Balaban J connectivity index is 1.97. The molecule has 3 rings (SSSR count). The lowest BCUT2D eigenvalue weighted by Gasteiger charge is -2.10. The molecule has 0 spiro atoms. The number of carbonyl (C=O) groups is 1. The predicted octanol–water partition coefficient (Wildman–Crippen LogP) is 4.78. The summed E-state index contributed by atoms with van der Waals surface area (Å²) >= 11 is 3.49. The van der Waals surface area contributed by atoms with Crippen molar-refractivity contribution in [1.82, 2.24) is 10.3 Å². The van der Waals surface area contributed by atoms with Gasteiger partial charge in [0.1, 0.15) is 17.1 Å². The molecule has 0 aliphatic heterocycles. The minimum Gasteiger partial charge on any atom is -0.464 e. The number of carbonyl (C=O) groups excluding carboxylic acids is 1. The van der Waals surface area contributed by atoms with Crippen LogP contribution in [0.5, 0.6) is 0 Å². The van der Waals surface area contributed by atoms with Gasteiger partial charge in [-0.15, -0.1) is 0 Å². The van der Waals surface area contributed by atoms with Gasteiger partial charge in [-0.3, -0.25) is 4.79 Å². The maximum absolute atomic E-state index is 12.2. The number of amides is 1. The number of aryl methyl sites for hydroxylation is 1. The fourth-order valence-corrected chi connectivity index (χ4v) is 2.61. The molecule has 124 valence electrons. The predicted molar refractivity (Wildman–Crippen MR) is 98.8 cm³/mol. The Labute approximate surface area is 148 Å². The zero-order chi connectivity index (χ0) is 17.1. The van der Waals surface area contributed by atoms with Crippen molar-refractivity contribution in [3.8, 4) is 0 Å². The number of nitrogens with one attached hydrogen (secondary N) is 2. The van der Waals surface area contributed by atoms with E-state index in [1.165, 1.54) is 0 Å². The highest BCUT2D eigenvalue weighted by Gasteiger charge is 2.14. The van der Waals surface area contributed by atoms with E-state index in [-0.39, 0.29) is 5.91 Å². The van der Waals surface area contributed by atoms with Gasteiger partial charge in [-0.25, -0.2) is 4.98 Å². The molecule has 0 saturated heterocycles. The molecule has 0 aliphatic rings. The van der Waals surface area contributed by atoms with E-state index in [9.17, 15) is 4.79 Å². The van der Waals surface area contributed by atoms with Crippen LogP contribution in [0.15, 0.2) is 45.5 Å². The van der Waals surface area contributed by atoms with Crippen LogP contribution in [0.4, 0.5) is 11.5 Å². The van der Waals surface area contributed by atoms with Gasteiger partial charge in [-0.1, -0.05) is 22.9 Å². The van der Waals surface area contributed by atoms with Crippen LogP contribution in [-0.4, -0.2) is 17.4 Å². The Morgan fingerprint density at radius 3 is 2.88 bits per heavy atom. The number of rotatable bonds is 5. The lowest BCUT2D eigenvalue weighted by Crippen LogP contribution is -2.25. The summed E-state index contributed by atoms with van der Waals surface area (Å²) in [6.45, 7) is 4.64. The second kappa shape index (κ2) is 7.05. The maximum atomic E-state index is 12.2. The number of hydrogen-bond acceptors (Lipinski definition) is 4. The third-order valence-corrected chi connectivity index (χ3v) is 4.53. The van der Waals surface area contributed by atoms with Gasteiger partial charge in [0.15, 0.2) is 0 Å². The molecule has 2 N–H and O–H groups in total. The molecule has 2 heterocycles. The molecule has 0 radical (unpaired) electrons. The molecule has 0 bridgehead atoms. The largest absolute Gasteiger partial charge is 0.464 e. The standard InChI is InChI=1S/C18H18BrN3O2/c1-3-7-20-18(23)15-10-16-13(6-8-24-16)17(22-15)21-12-4-5-14(19)11(2)9-12/h4-6,8-10H,3,7H2,1-2H3,(H,20,23)(H,21,22). The van der Waals surface area contributed by atoms with Crippen LogP contribution in [0.2, 0.25) is 0 Å². The average Bonchev–Trinajstić information content (AvgIpc) is 3.04. The Kier molecular flexibility index (Phi) is 4.85. The van der Waals surface area contributed by atoms with Crippen molar-refractivity contribution >= 4 is 44.3 Å². The minimum absolute atomic E-state index is 0.204. The summed E-state index contributed by atoms with van der Waals surface area (Å²) in [6.07, 6.45) is 2.47. The molecule has 0 atom stereocenters. The molecule has 0 unspecified atom stereocenters. The highest BCUT2D eigenvalue weighted by molar-refractivity contribution is 9.10. The molecular weight excluding hydrogens is 370 g/mol. The van der Waals surface area contributed by atoms with E-state index in [0.29, 0.717) is 23.6 Å². The lowest BCUT2D eigenvalue weighted by molar-refractivity contribution is 0.0949. The third-order valence-electron chi connectivity index (χ3n) is 3.64. The highest BCUT2D eigenvalue weighted by atomic mass is 79.9. The van der Waals surface area contributed by atoms with Crippen molar-refractivity contribution < 1.29 is 9.21 Å². The van der Waals surface area contributed by atoms with E-state index >= 15 is 0 Å². The van der Waals surface area contributed by atoms with Crippen molar-refractivity contribution in [2.45, 2.75) is 20.3 Å². The summed E-state index contributed by atoms with van der Waals surface area (Å²) in [4.78, 5) is 16.7. The topological polar surface area (TPSA) is 67.2 Å². The van der Waals surface area contributed by atoms with E-state index in [0.717, 1.165) is 27.5 Å². The molecule has 6 heteroatoms. The third kappa shape index (κ3) is 3.43. The molecule has 1 aromatic carbocycles. The number of aromatic nitrogens is 1. The lowest BCUT2D eigenvalue weighted by atomic mass is 10.2. The van der Waals surface area contributed by atoms with Crippen molar-refractivity contribution in [1.29, 1.82) is 0 Å². The number of hydrogen-bond donors (Lipinski definition) is 2. The average molecular weight is 388 g/mol. The van der Waals surface area contributed by atoms with Gasteiger partial charge in [0.25, 0.3) is 5.91 Å². The molecular formula is C18H18BrN3O2. The van der Waals surface area contributed by atoms with Crippen LogP contribution in [-0.2, 0) is 0 Å². The maximum Gasteiger partial charge on any atom is 0.270 e. The van der Waals surface area contributed by atoms with Crippen LogP contribution in [0.1, 0.15) is 29.4 Å². The van der Waals surface area contributed by atoms with E-state index in [1.54, 1.807) is 12.3 Å². The molecule has 2 aromatic heterocycles. The van der Waals surface area contributed by atoms with Gasteiger partial charge < -0.3 is 15.1 Å². The monoisotopic (exact) mass is 387 g/mol. The highest BCUT2D eigenvalue weighted by Crippen LogP contribution is 2.28. The van der Waals surface area contributed by atoms with Crippen LogP contribution >= 0.6 is 15.9 Å². The fraction of sp³-hybridized carbons (Fsp3) is 0.222. The number of pyridine rings is 1. The van der Waals surface area contributed by atoms with Crippen LogP contribution in [0.25, 0.3) is 11.0 Å². The SMILES string of the molecule is CCCNC(=O)c1cc2occc2c(Nc2ccc(Br)c(C)c2)n1. The van der Waals surface area contributed by atoms with E-state index in [1.807, 2.05) is 38.1 Å². The number of nitrogens with zero attached hydrogens (tertiary/aromatic N) is 1. The first-order valence-electron chi connectivity index (χ1n) is 7.78. The Bertz CT molecular complexity index is 889. The number of fused-ring (bicyclic) bond motifs is 1. The summed E-state index contributed by atoms with van der Waals surface area (Å²) in [5.74, 6) is 0.398. The second-order valence-electron chi connectivity index (χ2n) is 5.53. The van der Waals surface area contributed by atoms with Crippen molar-refractivity contribution in [2.75, 3.05) is 11.9 Å². The first-order valence-corrected chi connectivity index (χ1v) is 8.57. The number of halogens is 1. The number of anilines is 2. The van der Waals surface area contributed by atoms with Crippen molar-refractivity contribution in [2.24, 2.45) is 0 Å². The van der Waals surface area contributed by atoms with E-state index < -0.39 is 0 Å². The fourth-order valence-electron chi connectivity index (χ4n) is 2.37. The zero-order valence-corrected chi connectivity index (χ0v) is 15.1. The first kappa shape index (κ1) is 16.5. The molecule has 5 nitrogen and oxygen atoms in total. The van der Waals surface area contributed by atoms with Gasteiger partial charge in [-0.2, -0.15) is 0 Å². The quantitative estimate of drug-likeness (QED) is 0.660. The van der Waals surface area contributed by atoms with E-state index in [4.69, 9.17) is 4.42 Å². The molecule has 24 heavy (non-hydrogen) atoms. The zero-order valence-electron chi connectivity index (χ0n) is 13.5.